The van der Waals surface area contributed by atoms with Crippen LogP contribution in [0.2, 0.25) is 5.02 Å². The minimum absolute atomic E-state index is 0.116. The minimum atomic E-state index is -0.397. The maximum atomic E-state index is 13.2. The lowest BCUT2D eigenvalue weighted by atomic mass is 10.1. The molecule has 0 aliphatic rings. The number of carbonyl (C=O) groups excluding carboxylic acids is 1. The molecule has 0 bridgehead atoms. The third kappa shape index (κ3) is 5.34. The summed E-state index contributed by atoms with van der Waals surface area (Å²) in [5.74, 6) is -0.417. The number of nitrogens with zero attached hydrogens (tertiary/aromatic N) is 2. The topological polar surface area (TPSA) is 46.9 Å². The first kappa shape index (κ1) is 24.0. The van der Waals surface area contributed by atoms with Crippen molar-refractivity contribution < 1.29 is 9.18 Å². The number of hydrogen-bond donors (Lipinski definition) is 1. The van der Waals surface area contributed by atoms with E-state index < -0.39 is 5.25 Å². The van der Waals surface area contributed by atoms with Crippen LogP contribution in [-0.2, 0) is 4.79 Å². The highest BCUT2D eigenvalue weighted by molar-refractivity contribution is 8.00. The first-order chi connectivity index (χ1) is 16.3. The Labute approximate surface area is 208 Å². The molecule has 34 heavy (non-hydrogen) atoms. The number of nitrogens with one attached hydrogen (secondary N) is 1. The van der Waals surface area contributed by atoms with Crippen molar-refractivity contribution in [1.29, 1.82) is 0 Å². The zero-order valence-electron chi connectivity index (χ0n) is 19.1. The third-order valence-corrected chi connectivity index (χ3v) is 6.92. The van der Waals surface area contributed by atoms with Crippen molar-refractivity contribution >= 4 is 29.3 Å². The van der Waals surface area contributed by atoms with Crippen molar-refractivity contribution in [2.75, 3.05) is 0 Å². The van der Waals surface area contributed by atoms with Crippen LogP contribution < -0.4 is 5.32 Å². The van der Waals surface area contributed by atoms with Crippen molar-refractivity contribution in [1.82, 2.24) is 14.9 Å². The van der Waals surface area contributed by atoms with Gasteiger partial charge in [0.2, 0.25) is 5.91 Å². The van der Waals surface area contributed by atoms with E-state index >= 15 is 0 Å². The molecule has 174 valence electrons. The molecule has 2 unspecified atom stereocenters. The number of imidazole rings is 1. The minimum Gasteiger partial charge on any atom is -0.349 e. The van der Waals surface area contributed by atoms with Gasteiger partial charge in [-0.05, 0) is 62.2 Å². The molecular formula is C27H25ClFN3OS. The number of carbonyl (C=O) groups is 1. The Hall–Kier alpha value is -3.09. The molecule has 0 aliphatic carbocycles. The Bertz CT molecular complexity index is 1290. The number of thioether (sulfide) groups is 1. The van der Waals surface area contributed by atoms with E-state index in [-0.39, 0.29) is 17.8 Å². The summed E-state index contributed by atoms with van der Waals surface area (Å²) in [5, 5.41) is 4.01. The summed E-state index contributed by atoms with van der Waals surface area (Å²) in [4.78, 5) is 17.6. The summed E-state index contributed by atoms with van der Waals surface area (Å²) >= 11 is 7.49. The van der Waals surface area contributed by atoms with E-state index in [2.05, 4.69) is 27.9 Å². The number of benzene rings is 3. The van der Waals surface area contributed by atoms with E-state index in [9.17, 15) is 9.18 Å². The maximum absolute atomic E-state index is 13.2. The van der Waals surface area contributed by atoms with Gasteiger partial charge in [-0.15, -0.1) is 0 Å². The van der Waals surface area contributed by atoms with Gasteiger partial charge in [0, 0.05) is 10.6 Å². The fraction of sp³-hybridized carbons (Fsp3) is 0.185. The molecule has 0 radical (unpaired) electrons. The summed E-state index contributed by atoms with van der Waals surface area (Å²) in [6.07, 6.45) is 1.82. The quantitative estimate of drug-likeness (QED) is 0.282. The zero-order chi connectivity index (χ0) is 24.2. The Balaban J connectivity index is 1.61. The van der Waals surface area contributed by atoms with Gasteiger partial charge in [0.25, 0.3) is 0 Å². The van der Waals surface area contributed by atoms with E-state index in [0.717, 1.165) is 33.2 Å². The third-order valence-electron chi connectivity index (χ3n) is 5.61. The smallest absolute Gasteiger partial charge is 0.233 e. The van der Waals surface area contributed by atoms with Crippen molar-refractivity contribution in [3.63, 3.8) is 0 Å². The number of rotatable bonds is 7. The molecule has 4 rings (SSSR count). The SMILES string of the molecule is Cc1ccccc1-n1c(-c2ccc(Cl)cc2)cnc1SC(C)C(=O)NC(C)c1ccc(F)cc1. The van der Waals surface area contributed by atoms with Crippen LogP contribution in [-0.4, -0.2) is 20.7 Å². The lowest BCUT2D eigenvalue weighted by Gasteiger charge is -2.19. The summed E-state index contributed by atoms with van der Waals surface area (Å²) in [6.45, 7) is 5.79. The Morgan fingerprint density at radius 1 is 1.03 bits per heavy atom. The molecule has 1 heterocycles. The second-order valence-electron chi connectivity index (χ2n) is 8.10. The van der Waals surface area contributed by atoms with Gasteiger partial charge in [-0.3, -0.25) is 9.36 Å². The molecule has 4 nitrogen and oxygen atoms in total. The van der Waals surface area contributed by atoms with Gasteiger partial charge in [0.1, 0.15) is 5.82 Å². The van der Waals surface area contributed by atoms with Gasteiger partial charge in [0.15, 0.2) is 5.16 Å². The first-order valence-electron chi connectivity index (χ1n) is 11.0. The summed E-state index contributed by atoms with van der Waals surface area (Å²) < 4.78 is 15.3. The molecule has 4 aromatic rings. The molecule has 0 saturated carbocycles. The number of hydrogen-bond acceptors (Lipinski definition) is 3. The maximum Gasteiger partial charge on any atom is 0.233 e. The molecule has 3 aromatic carbocycles. The van der Waals surface area contributed by atoms with Crippen LogP contribution in [0.15, 0.2) is 84.1 Å². The fourth-order valence-corrected chi connectivity index (χ4v) is 4.70. The van der Waals surface area contributed by atoms with Crippen molar-refractivity contribution in [3.8, 4) is 16.9 Å². The number of amides is 1. The van der Waals surface area contributed by atoms with E-state index in [1.807, 2.05) is 62.5 Å². The molecule has 1 aromatic heterocycles. The second-order valence-corrected chi connectivity index (χ2v) is 9.84. The molecule has 0 aliphatic heterocycles. The van der Waals surface area contributed by atoms with Gasteiger partial charge in [0.05, 0.1) is 28.9 Å². The van der Waals surface area contributed by atoms with Crippen LogP contribution in [0.5, 0.6) is 0 Å². The van der Waals surface area contributed by atoms with Crippen molar-refractivity contribution in [2.24, 2.45) is 0 Å². The van der Waals surface area contributed by atoms with E-state index in [4.69, 9.17) is 11.6 Å². The van der Waals surface area contributed by atoms with Gasteiger partial charge < -0.3 is 5.32 Å². The lowest BCUT2D eigenvalue weighted by molar-refractivity contribution is -0.120. The van der Waals surface area contributed by atoms with Crippen LogP contribution in [0.4, 0.5) is 4.39 Å². The predicted molar refractivity (Wildman–Crippen MR) is 137 cm³/mol. The molecule has 0 spiro atoms. The van der Waals surface area contributed by atoms with Crippen molar-refractivity contribution in [3.05, 3.63) is 101 Å². The largest absolute Gasteiger partial charge is 0.349 e. The zero-order valence-corrected chi connectivity index (χ0v) is 20.7. The summed E-state index contributed by atoms with van der Waals surface area (Å²) in [6, 6.07) is 21.6. The number of halogens is 2. The van der Waals surface area contributed by atoms with Crippen LogP contribution in [0.1, 0.15) is 31.0 Å². The predicted octanol–water partition coefficient (Wildman–Crippen LogP) is 7.00. The molecule has 1 amide bonds. The lowest BCUT2D eigenvalue weighted by Crippen LogP contribution is -2.33. The van der Waals surface area contributed by atoms with Gasteiger partial charge in [-0.2, -0.15) is 0 Å². The highest BCUT2D eigenvalue weighted by Crippen LogP contribution is 2.33. The molecule has 7 heteroatoms. The Morgan fingerprint density at radius 2 is 1.71 bits per heavy atom. The van der Waals surface area contributed by atoms with E-state index in [1.54, 1.807) is 12.1 Å². The Morgan fingerprint density at radius 3 is 2.38 bits per heavy atom. The van der Waals surface area contributed by atoms with Crippen LogP contribution >= 0.6 is 23.4 Å². The van der Waals surface area contributed by atoms with Crippen LogP contribution in [0, 0.1) is 12.7 Å². The monoisotopic (exact) mass is 493 g/mol. The molecule has 0 saturated heterocycles. The average molecular weight is 494 g/mol. The normalized spacial score (nSPS) is 12.9. The van der Waals surface area contributed by atoms with Crippen molar-refractivity contribution in [2.45, 2.75) is 37.2 Å². The van der Waals surface area contributed by atoms with E-state index in [1.165, 1.54) is 23.9 Å². The van der Waals surface area contributed by atoms with Crippen LogP contribution in [0.3, 0.4) is 0 Å². The Kier molecular flexibility index (Phi) is 7.39. The molecule has 0 fully saturated rings. The highest BCUT2D eigenvalue weighted by Gasteiger charge is 2.22. The van der Waals surface area contributed by atoms with Crippen LogP contribution in [0.25, 0.3) is 16.9 Å². The number of aromatic nitrogens is 2. The van der Waals surface area contributed by atoms with E-state index in [0.29, 0.717) is 5.02 Å². The number of para-hydroxylation sites is 1. The molecule has 2 atom stereocenters. The average Bonchev–Trinajstić information content (AvgIpc) is 3.23. The standard InChI is InChI=1S/C27H25ClFN3OS/c1-17-6-4-5-7-24(17)32-25(21-8-12-22(28)13-9-21)16-30-27(32)34-19(3)26(33)31-18(2)20-10-14-23(29)15-11-20/h4-16,18-19H,1-3H3,(H,31,33). The van der Waals surface area contributed by atoms with Gasteiger partial charge in [-0.1, -0.05) is 65.8 Å². The molecular weight excluding hydrogens is 469 g/mol. The summed E-state index contributed by atoms with van der Waals surface area (Å²) in [7, 11) is 0. The van der Waals surface area contributed by atoms with Gasteiger partial charge >= 0.3 is 0 Å². The summed E-state index contributed by atoms with van der Waals surface area (Å²) in [5.41, 5.74) is 4.84. The number of aryl methyl sites for hydroxylation is 1. The highest BCUT2D eigenvalue weighted by atomic mass is 35.5. The second kappa shape index (κ2) is 10.5. The van der Waals surface area contributed by atoms with Gasteiger partial charge in [-0.25, -0.2) is 9.37 Å². The fourth-order valence-electron chi connectivity index (χ4n) is 3.67. The first-order valence-corrected chi connectivity index (χ1v) is 12.2. The molecule has 1 N–H and O–H groups in total.